The summed E-state index contributed by atoms with van der Waals surface area (Å²) in [5.41, 5.74) is 0.370. The number of benzene rings is 1. The summed E-state index contributed by atoms with van der Waals surface area (Å²) in [5.74, 6) is -1.16. The molecule has 0 bridgehead atoms. The predicted octanol–water partition coefficient (Wildman–Crippen LogP) is 2.44. The van der Waals surface area contributed by atoms with E-state index in [9.17, 15) is 18.3 Å². The molecule has 0 amide bonds. The number of anilines is 1. The van der Waals surface area contributed by atoms with Crippen LogP contribution in [0.4, 0.5) is 5.69 Å². The van der Waals surface area contributed by atoms with Crippen LogP contribution in [0, 0.1) is 0 Å². The van der Waals surface area contributed by atoms with Crippen molar-refractivity contribution in [1.82, 2.24) is 4.72 Å². The van der Waals surface area contributed by atoms with Crippen LogP contribution in [0.1, 0.15) is 49.9 Å². The summed E-state index contributed by atoms with van der Waals surface area (Å²) < 4.78 is 32.7. The summed E-state index contributed by atoms with van der Waals surface area (Å²) in [6, 6.07) is 4.23. The van der Waals surface area contributed by atoms with Gasteiger partial charge in [-0.2, -0.15) is 0 Å². The van der Waals surface area contributed by atoms with E-state index in [1.807, 2.05) is 13.8 Å². The first-order valence-electron chi connectivity index (χ1n) is 8.58. The van der Waals surface area contributed by atoms with Crippen LogP contribution < -0.4 is 10.0 Å². The Hall–Kier alpha value is -1.64. The van der Waals surface area contributed by atoms with Gasteiger partial charge in [-0.25, -0.2) is 17.9 Å². The van der Waals surface area contributed by atoms with E-state index < -0.39 is 16.0 Å². The number of carboxylic acids is 1. The highest BCUT2D eigenvalue weighted by atomic mass is 32.2. The second kappa shape index (κ2) is 8.64. The van der Waals surface area contributed by atoms with E-state index in [-0.39, 0.29) is 29.1 Å². The van der Waals surface area contributed by atoms with Crippen molar-refractivity contribution < 1.29 is 23.1 Å². The molecule has 1 heterocycles. The summed E-state index contributed by atoms with van der Waals surface area (Å²) in [5, 5.41) is 12.6. The Bertz CT molecular complexity index is 699. The minimum absolute atomic E-state index is 0.0528. The van der Waals surface area contributed by atoms with Crippen molar-refractivity contribution >= 4 is 21.7 Å². The van der Waals surface area contributed by atoms with E-state index in [2.05, 4.69) is 10.0 Å². The summed E-state index contributed by atoms with van der Waals surface area (Å²) in [6.07, 6.45) is 3.48. The van der Waals surface area contributed by atoms with Crippen LogP contribution in [0.5, 0.6) is 0 Å². The van der Waals surface area contributed by atoms with Crippen molar-refractivity contribution in [1.29, 1.82) is 0 Å². The minimum atomic E-state index is -3.78. The van der Waals surface area contributed by atoms with Gasteiger partial charge < -0.3 is 15.2 Å². The van der Waals surface area contributed by atoms with Crippen LogP contribution in [-0.4, -0.2) is 44.8 Å². The van der Waals surface area contributed by atoms with Gasteiger partial charge in [-0.05, 0) is 44.4 Å². The van der Waals surface area contributed by atoms with Crippen molar-refractivity contribution in [3.63, 3.8) is 0 Å². The molecule has 1 aliphatic rings. The third-order valence-corrected chi connectivity index (χ3v) is 5.60. The quantitative estimate of drug-likeness (QED) is 0.617. The normalized spacial score (nSPS) is 18.9. The number of hydrogen-bond acceptors (Lipinski definition) is 5. The van der Waals surface area contributed by atoms with Gasteiger partial charge in [-0.15, -0.1) is 0 Å². The Morgan fingerprint density at radius 1 is 1.44 bits per heavy atom. The summed E-state index contributed by atoms with van der Waals surface area (Å²) in [7, 11) is -3.78. The molecule has 1 saturated heterocycles. The number of ether oxygens (including phenoxy) is 1. The van der Waals surface area contributed by atoms with Gasteiger partial charge in [0.2, 0.25) is 10.0 Å². The summed E-state index contributed by atoms with van der Waals surface area (Å²) >= 11 is 0. The van der Waals surface area contributed by atoms with Crippen LogP contribution in [-0.2, 0) is 14.8 Å². The Kier molecular flexibility index (Phi) is 6.80. The van der Waals surface area contributed by atoms with Gasteiger partial charge in [-0.3, -0.25) is 0 Å². The molecule has 0 unspecified atom stereocenters. The van der Waals surface area contributed by atoms with Crippen molar-refractivity contribution in [2.45, 2.75) is 56.6 Å². The molecule has 140 valence electrons. The zero-order valence-corrected chi connectivity index (χ0v) is 15.4. The van der Waals surface area contributed by atoms with Crippen LogP contribution in [0.3, 0.4) is 0 Å². The second-order valence-corrected chi connectivity index (χ2v) is 8.10. The monoisotopic (exact) mass is 370 g/mol. The fourth-order valence-corrected chi connectivity index (χ4v) is 3.95. The molecule has 0 aromatic heterocycles. The molecule has 25 heavy (non-hydrogen) atoms. The number of nitrogens with one attached hydrogen (secondary N) is 2. The largest absolute Gasteiger partial charge is 0.478 e. The van der Waals surface area contributed by atoms with E-state index in [0.717, 1.165) is 25.7 Å². The van der Waals surface area contributed by atoms with Crippen LogP contribution in [0.2, 0.25) is 0 Å². The molecule has 0 radical (unpaired) electrons. The zero-order chi connectivity index (χ0) is 18.4. The number of aromatic carboxylic acids is 1. The van der Waals surface area contributed by atoms with Gasteiger partial charge in [0.15, 0.2) is 0 Å². The van der Waals surface area contributed by atoms with E-state index in [0.29, 0.717) is 12.3 Å². The fraction of sp³-hybridized carbons (Fsp3) is 0.588. The first-order valence-corrected chi connectivity index (χ1v) is 10.1. The molecule has 1 aromatic rings. The Morgan fingerprint density at radius 3 is 2.80 bits per heavy atom. The highest BCUT2D eigenvalue weighted by molar-refractivity contribution is 7.89. The molecule has 3 N–H and O–H groups in total. The second-order valence-electron chi connectivity index (χ2n) is 6.33. The number of hydrogen-bond donors (Lipinski definition) is 3. The maximum Gasteiger partial charge on any atom is 0.337 e. The highest BCUT2D eigenvalue weighted by Crippen LogP contribution is 2.22. The SMILES string of the molecule is CCC[C@@H](C)Nc1ccc(S(=O)(=O)NC[C@H]2CCCO2)cc1C(=O)O. The molecule has 0 spiro atoms. The lowest BCUT2D eigenvalue weighted by Crippen LogP contribution is -2.32. The third kappa shape index (κ3) is 5.42. The van der Waals surface area contributed by atoms with E-state index in [1.165, 1.54) is 18.2 Å². The van der Waals surface area contributed by atoms with Gasteiger partial charge in [0.25, 0.3) is 0 Å². The van der Waals surface area contributed by atoms with Gasteiger partial charge in [-0.1, -0.05) is 13.3 Å². The molecule has 8 heteroatoms. The molecule has 1 fully saturated rings. The molecular formula is C17H26N2O5S. The lowest BCUT2D eigenvalue weighted by Gasteiger charge is -2.17. The molecule has 2 rings (SSSR count). The van der Waals surface area contributed by atoms with Gasteiger partial charge in [0.1, 0.15) is 0 Å². The van der Waals surface area contributed by atoms with Crippen molar-refractivity contribution in [3.05, 3.63) is 23.8 Å². The molecule has 2 atom stereocenters. The lowest BCUT2D eigenvalue weighted by molar-refractivity contribution is 0.0697. The molecule has 0 aliphatic carbocycles. The maximum atomic E-state index is 12.4. The Labute approximate surface area is 148 Å². The average Bonchev–Trinajstić information content (AvgIpc) is 3.06. The van der Waals surface area contributed by atoms with Crippen molar-refractivity contribution in [2.75, 3.05) is 18.5 Å². The van der Waals surface area contributed by atoms with E-state index in [1.54, 1.807) is 0 Å². The summed E-state index contributed by atoms with van der Waals surface area (Å²) in [4.78, 5) is 11.5. The fourth-order valence-electron chi connectivity index (χ4n) is 2.86. The predicted molar refractivity (Wildman–Crippen MR) is 95.6 cm³/mol. The molecule has 1 aromatic carbocycles. The standard InChI is InChI=1S/C17H26N2O5S/c1-3-5-12(2)19-16-8-7-14(10-15(16)17(20)21)25(22,23)18-11-13-6-4-9-24-13/h7-8,10,12-13,18-19H,3-6,9,11H2,1-2H3,(H,20,21)/t12-,13-/m1/s1. The van der Waals surface area contributed by atoms with Crippen molar-refractivity contribution in [2.24, 2.45) is 0 Å². The topological polar surface area (TPSA) is 105 Å². The van der Waals surface area contributed by atoms with Gasteiger partial charge in [0, 0.05) is 24.9 Å². The zero-order valence-electron chi connectivity index (χ0n) is 14.6. The first kappa shape index (κ1) is 19.7. The minimum Gasteiger partial charge on any atom is -0.478 e. The number of carbonyl (C=O) groups is 1. The average molecular weight is 370 g/mol. The van der Waals surface area contributed by atoms with E-state index in [4.69, 9.17) is 4.74 Å². The first-order chi connectivity index (χ1) is 11.8. The molecule has 1 aliphatic heterocycles. The Balaban J connectivity index is 2.17. The maximum absolute atomic E-state index is 12.4. The van der Waals surface area contributed by atoms with Crippen LogP contribution in [0.25, 0.3) is 0 Å². The molecule has 7 nitrogen and oxygen atoms in total. The molecular weight excluding hydrogens is 344 g/mol. The number of carboxylic acid groups (broad SMARTS) is 1. The Morgan fingerprint density at radius 2 is 2.20 bits per heavy atom. The molecule has 0 saturated carbocycles. The van der Waals surface area contributed by atoms with Crippen LogP contribution >= 0.6 is 0 Å². The van der Waals surface area contributed by atoms with Crippen LogP contribution in [0.15, 0.2) is 23.1 Å². The lowest BCUT2D eigenvalue weighted by atomic mass is 10.1. The smallest absolute Gasteiger partial charge is 0.337 e. The van der Waals surface area contributed by atoms with Gasteiger partial charge >= 0.3 is 5.97 Å². The van der Waals surface area contributed by atoms with E-state index >= 15 is 0 Å². The highest BCUT2D eigenvalue weighted by Gasteiger charge is 2.22. The number of rotatable bonds is 9. The van der Waals surface area contributed by atoms with Crippen molar-refractivity contribution in [3.8, 4) is 0 Å². The third-order valence-electron chi connectivity index (χ3n) is 4.18. The summed E-state index contributed by atoms with van der Waals surface area (Å²) in [6.45, 7) is 4.85. The number of sulfonamides is 1. The van der Waals surface area contributed by atoms with Gasteiger partial charge in [0.05, 0.1) is 16.6 Å².